The van der Waals surface area contributed by atoms with Crippen LogP contribution in [0.1, 0.15) is 29.7 Å². The van der Waals surface area contributed by atoms with E-state index in [1.807, 2.05) is 42.6 Å². The molecule has 28 heavy (non-hydrogen) atoms. The van der Waals surface area contributed by atoms with Crippen LogP contribution in [0.2, 0.25) is 5.02 Å². The average molecular weight is 393 g/mol. The predicted octanol–water partition coefficient (Wildman–Crippen LogP) is 5.72. The molecule has 0 amide bonds. The number of fused-ring (bicyclic) bond motifs is 1. The molecule has 3 aromatic rings. The molecule has 0 saturated heterocycles. The normalized spacial score (nSPS) is 15.6. The van der Waals surface area contributed by atoms with Gasteiger partial charge in [-0.3, -0.25) is 4.98 Å². The van der Waals surface area contributed by atoms with Gasteiger partial charge in [0.05, 0.1) is 32.1 Å². The van der Waals surface area contributed by atoms with E-state index in [4.69, 9.17) is 21.1 Å². The van der Waals surface area contributed by atoms with Gasteiger partial charge < -0.3 is 14.4 Å². The first-order chi connectivity index (χ1) is 13.6. The van der Waals surface area contributed by atoms with E-state index in [0.717, 1.165) is 28.1 Å². The van der Waals surface area contributed by atoms with Crippen LogP contribution in [0.4, 0.5) is 5.69 Å². The third-order valence-electron chi connectivity index (χ3n) is 4.97. The summed E-state index contributed by atoms with van der Waals surface area (Å²) in [5.74, 6) is 1.41. The SMILES string of the molecule is COc1cc2c(cc1OC)C(c1cccc(Cl)c1)N(c1cccnc1)C(C)=C2. The third-order valence-corrected chi connectivity index (χ3v) is 5.21. The minimum absolute atomic E-state index is 0.0669. The van der Waals surface area contributed by atoms with E-state index in [1.165, 1.54) is 0 Å². The zero-order chi connectivity index (χ0) is 19.7. The predicted molar refractivity (Wildman–Crippen MR) is 113 cm³/mol. The second kappa shape index (κ2) is 7.56. The van der Waals surface area contributed by atoms with Gasteiger partial charge in [-0.05, 0) is 66.1 Å². The molecule has 1 aliphatic rings. The van der Waals surface area contributed by atoms with Gasteiger partial charge in [-0.25, -0.2) is 0 Å². The molecule has 5 heteroatoms. The summed E-state index contributed by atoms with van der Waals surface area (Å²) >= 11 is 6.34. The lowest BCUT2D eigenvalue weighted by Gasteiger charge is -2.39. The van der Waals surface area contributed by atoms with Crippen LogP contribution in [0.3, 0.4) is 0 Å². The van der Waals surface area contributed by atoms with Crippen LogP contribution in [0, 0.1) is 0 Å². The van der Waals surface area contributed by atoms with E-state index in [2.05, 4.69) is 35.0 Å². The summed E-state index contributed by atoms with van der Waals surface area (Å²) in [6.45, 7) is 2.10. The van der Waals surface area contributed by atoms with E-state index in [-0.39, 0.29) is 6.04 Å². The smallest absolute Gasteiger partial charge is 0.161 e. The molecule has 4 nitrogen and oxygen atoms in total. The summed E-state index contributed by atoms with van der Waals surface area (Å²) in [5.41, 5.74) is 5.44. The molecule has 0 saturated carbocycles. The van der Waals surface area contributed by atoms with E-state index in [0.29, 0.717) is 16.5 Å². The maximum Gasteiger partial charge on any atom is 0.161 e. The zero-order valence-electron chi connectivity index (χ0n) is 16.0. The Kier molecular flexibility index (Phi) is 4.97. The molecule has 1 aliphatic heterocycles. The minimum Gasteiger partial charge on any atom is -0.493 e. The number of allylic oxidation sites excluding steroid dienone is 1. The highest BCUT2D eigenvalue weighted by atomic mass is 35.5. The van der Waals surface area contributed by atoms with Crippen LogP contribution in [-0.2, 0) is 0 Å². The van der Waals surface area contributed by atoms with Crippen molar-refractivity contribution >= 4 is 23.4 Å². The Morgan fingerprint density at radius 2 is 1.79 bits per heavy atom. The first kappa shape index (κ1) is 18.4. The highest BCUT2D eigenvalue weighted by Gasteiger charge is 2.31. The van der Waals surface area contributed by atoms with Gasteiger partial charge in [0.25, 0.3) is 0 Å². The Balaban J connectivity index is 1.98. The Labute approximate surface area is 170 Å². The summed E-state index contributed by atoms with van der Waals surface area (Å²) in [5, 5.41) is 0.706. The summed E-state index contributed by atoms with van der Waals surface area (Å²) in [4.78, 5) is 6.59. The minimum atomic E-state index is -0.0669. The molecule has 0 N–H and O–H groups in total. The number of rotatable bonds is 4. The van der Waals surface area contributed by atoms with E-state index < -0.39 is 0 Å². The van der Waals surface area contributed by atoms with E-state index in [9.17, 15) is 0 Å². The summed E-state index contributed by atoms with van der Waals surface area (Å²) < 4.78 is 11.1. The molecule has 1 atom stereocenters. The molecule has 0 fully saturated rings. The number of anilines is 1. The van der Waals surface area contributed by atoms with Crippen molar-refractivity contribution in [2.45, 2.75) is 13.0 Å². The van der Waals surface area contributed by atoms with Crippen molar-refractivity contribution in [1.82, 2.24) is 4.98 Å². The molecular weight excluding hydrogens is 372 g/mol. The highest BCUT2D eigenvalue weighted by molar-refractivity contribution is 6.30. The van der Waals surface area contributed by atoms with Gasteiger partial charge in [-0.1, -0.05) is 23.7 Å². The molecular formula is C23H21ClN2O2. The first-order valence-electron chi connectivity index (χ1n) is 9.01. The summed E-state index contributed by atoms with van der Waals surface area (Å²) in [6.07, 6.45) is 5.81. The van der Waals surface area contributed by atoms with Crippen LogP contribution in [0.15, 0.2) is 66.6 Å². The van der Waals surface area contributed by atoms with Gasteiger partial charge in [0.2, 0.25) is 0 Å². The molecule has 0 aliphatic carbocycles. The molecule has 4 rings (SSSR count). The Hall–Kier alpha value is -2.98. The van der Waals surface area contributed by atoms with E-state index in [1.54, 1.807) is 20.4 Å². The number of aromatic nitrogens is 1. The van der Waals surface area contributed by atoms with Crippen LogP contribution < -0.4 is 14.4 Å². The van der Waals surface area contributed by atoms with Crippen molar-refractivity contribution in [3.8, 4) is 11.5 Å². The number of pyridine rings is 1. The number of hydrogen-bond acceptors (Lipinski definition) is 4. The molecule has 142 valence electrons. The number of nitrogens with zero attached hydrogens (tertiary/aromatic N) is 2. The first-order valence-corrected chi connectivity index (χ1v) is 9.39. The van der Waals surface area contributed by atoms with Crippen molar-refractivity contribution in [3.05, 3.63) is 88.3 Å². The largest absolute Gasteiger partial charge is 0.493 e. The summed E-state index contributed by atoms with van der Waals surface area (Å²) in [6, 6.07) is 16.0. The van der Waals surface area contributed by atoms with Gasteiger partial charge in [0, 0.05) is 16.9 Å². The number of methoxy groups -OCH3 is 2. The van der Waals surface area contributed by atoms with Crippen LogP contribution in [0.25, 0.3) is 6.08 Å². The zero-order valence-corrected chi connectivity index (χ0v) is 16.8. The highest BCUT2D eigenvalue weighted by Crippen LogP contribution is 2.45. The fraction of sp³-hybridized carbons (Fsp3) is 0.174. The topological polar surface area (TPSA) is 34.6 Å². The van der Waals surface area contributed by atoms with Crippen molar-refractivity contribution < 1.29 is 9.47 Å². The third kappa shape index (κ3) is 3.20. The number of halogens is 1. The Bertz CT molecular complexity index is 1030. The van der Waals surface area contributed by atoms with Gasteiger partial charge in [-0.2, -0.15) is 0 Å². The molecule has 0 spiro atoms. The molecule has 1 aromatic heterocycles. The molecule has 2 aromatic carbocycles. The number of ether oxygens (including phenoxy) is 2. The van der Waals surface area contributed by atoms with Crippen molar-refractivity contribution in [1.29, 1.82) is 0 Å². The van der Waals surface area contributed by atoms with Crippen LogP contribution in [0.5, 0.6) is 11.5 Å². The quantitative estimate of drug-likeness (QED) is 0.568. The van der Waals surface area contributed by atoms with Gasteiger partial charge in [0.15, 0.2) is 11.5 Å². The molecule has 0 bridgehead atoms. The lowest BCUT2D eigenvalue weighted by molar-refractivity contribution is 0.354. The fourth-order valence-electron chi connectivity index (χ4n) is 3.76. The summed E-state index contributed by atoms with van der Waals surface area (Å²) in [7, 11) is 3.31. The molecule has 1 unspecified atom stereocenters. The number of benzene rings is 2. The van der Waals surface area contributed by atoms with E-state index >= 15 is 0 Å². The standard InChI is InChI=1S/C23H21ClN2O2/c1-15-10-17-12-21(27-2)22(28-3)13-20(17)23(16-6-4-7-18(24)11-16)26(15)19-8-5-9-25-14-19/h4-14,23H,1-3H3. The molecule has 0 radical (unpaired) electrons. The lowest BCUT2D eigenvalue weighted by Crippen LogP contribution is -2.31. The maximum absolute atomic E-state index is 6.34. The second-order valence-electron chi connectivity index (χ2n) is 6.66. The Morgan fingerprint density at radius 3 is 2.46 bits per heavy atom. The fourth-order valence-corrected chi connectivity index (χ4v) is 3.96. The molecule has 2 heterocycles. The van der Waals surface area contributed by atoms with Gasteiger partial charge in [0.1, 0.15) is 0 Å². The lowest BCUT2D eigenvalue weighted by atomic mass is 9.88. The van der Waals surface area contributed by atoms with Gasteiger partial charge >= 0.3 is 0 Å². The second-order valence-corrected chi connectivity index (χ2v) is 7.10. The van der Waals surface area contributed by atoms with Crippen molar-refractivity contribution in [2.24, 2.45) is 0 Å². The van der Waals surface area contributed by atoms with Crippen LogP contribution >= 0.6 is 11.6 Å². The van der Waals surface area contributed by atoms with Crippen LogP contribution in [-0.4, -0.2) is 19.2 Å². The number of hydrogen-bond donors (Lipinski definition) is 0. The van der Waals surface area contributed by atoms with Crippen molar-refractivity contribution in [3.63, 3.8) is 0 Å². The average Bonchev–Trinajstić information content (AvgIpc) is 2.72. The Morgan fingerprint density at radius 1 is 1.00 bits per heavy atom. The monoisotopic (exact) mass is 392 g/mol. The maximum atomic E-state index is 6.34. The van der Waals surface area contributed by atoms with Gasteiger partial charge in [-0.15, -0.1) is 0 Å². The van der Waals surface area contributed by atoms with Crippen molar-refractivity contribution in [2.75, 3.05) is 19.1 Å².